The van der Waals surface area contributed by atoms with Crippen LogP contribution in [0, 0.1) is 0 Å². The molecule has 0 spiro atoms. The zero-order valence-electron chi connectivity index (χ0n) is 11.2. The van der Waals surface area contributed by atoms with Crippen LogP contribution in [0.3, 0.4) is 0 Å². The molecule has 0 aliphatic rings. The fourth-order valence-corrected chi connectivity index (χ4v) is 1.59. The minimum Gasteiger partial charge on any atom is -0.453 e. The van der Waals surface area contributed by atoms with Gasteiger partial charge in [-0.15, -0.1) is 0 Å². The summed E-state index contributed by atoms with van der Waals surface area (Å²) in [4.78, 5) is 22.7. The molecule has 1 unspecified atom stereocenters. The Kier molecular flexibility index (Phi) is 6.49. The van der Waals surface area contributed by atoms with Gasteiger partial charge in [0.25, 0.3) is 0 Å². The Morgan fingerprint density at radius 2 is 1.77 bits per heavy atom. The largest absolute Gasteiger partial charge is 0.453 e. The van der Waals surface area contributed by atoms with Crippen LogP contribution in [-0.4, -0.2) is 24.2 Å². The van der Waals surface area contributed by atoms with Gasteiger partial charge in [-0.25, -0.2) is 0 Å². The SMILES string of the molecule is CC(OC(=O)CCC(=O)Oc1cccc(Cl)c1Cl)C(F)(F)F. The smallest absolute Gasteiger partial charge is 0.425 e. The Morgan fingerprint density at radius 3 is 2.36 bits per heavy atom. The molecule has 0 amide bonds. The number of hydrogen-bond donors (Lipinski definition) is 0. The van der Waals surface area contributed by atoms with E-state index in [1.165, 1.54) is 18.2 Å². The van der Waals surface area contributed by atoms with Gasteiger partial charge in [-0.3, -0.25) is 9.59 Å². The first kappa shape index (κ1) is 18.6. The molecule has 1 aromatic carbocycles. The molecule has 0 aliphatic carbocycles. The van der Waals surface area contributed by atoms with Crippen LogP contribution in [0.15, 0.2) is 18.2 Å². The number of carbonyl (C=O) groups is 2. The van der Waals surface area contributed by atoms with Crippen molar-refractivity contribution in [3.63, 3.8) is 0 Å². The summed E-state index contributed by atoms with van der Waals surface area (Å²) in [6, 6.07) is 4.36. The normalized spacial score (nSPS) is 12.6. The molecule has 0 heterocycles. The van der Waals surface area contributed by atoms with Gasteiger partial charge < -0.3 is 9.47 Å². The molecule has 0 saturated carbocycles. The Labute approximate surface area is 134 Å². The van der Waals surface area contributed by atoms with E-state index in [0.717, 1.165) is 0 Å². The van der Waals surface area contributed by atoms with E-state index >= 15 is 0 Å². The number of hydrogen-bond acceptors (Lipinski definition) is 4. The van der Waals surface area contributed by atoms with Gasteiger partial charge in [0.2, 0.25) is 0 Å². The summed E-state index contributed by atoms with van der Waals surface area (Å²) in [5, 5.41) is 0.191. The van der Waals surface area contributed by atoms with Gasteiger partial charge in [-0.2, -0.15) is 13.2 Å². The predicted octanol–water partition coefficient (Wildman–Crippen LogP) is 4.17. The highest BCUT2D eigenvalue weighted by molar-refractivity contribution is 6.43. The molecule has 0 bridgehead atoms. The van der Waals surface area contributed by atoms with Crippen LogP contribution >= 0.6 is 23.2 Å². The van der Waals surface area contributed by atoms with Crippen molar-refractivity contribution in [3.8, 4) is 5.75 Å². The highest BCUT2D eigenvalue weighted by Gasteiger charge is 2.39. The van der Waals surface area contributed by atoms with Gasteiger partial charge in [0.15, 0.2) is 11.9 Å². The number of rotatable bonds is 5. The highest BCUT2D eigenvalue weighted by atomic mass is 35.5. The van der Waals surface area contributed by atoms with Crippen LogP contribution in [0.2, 0.25) is 10.0 Å². The predicted molar refractivity (Wildman–Crippen MR) is 72.9 cm³/mol. The van der Waals surface area contributed by atoms with Gasteiger partial charge in [0.05, 0.1) is 17.9 Å². The van der Waals surface area contributed by atoms with E-state index in [0.29, 0.717) is 6.92 Å². The zero-order chi connectivity index (χ0) is 16.9. The van der Waals surface area contributed by atoms with Crippen molar-refractivity contribution >= 4 is 35.1 Å². The molecule has 0 radical (unpaired) electrons. The lowest BCUT2D eigenvalue weighted by molar-refractivity contribution is -0.216. The first-order valence-electron chi connectivity index (χ1n) is 6.02. The van der Waals surface area contributed by atoms with Crippen molar-refractivity contribution in [2.24, 2.45) is 0 Å². The van der Waals surface area contributed by atoms with E-state index in [2.05, 4.69) is 4.74 Å². The summed E-state index contributed by atoms with van der Waals surface area (Å²) in [5.41, 5.74) is 0. The number of halogens is 5. The van der Waals surface area contributed by atoms with E-state index in [1.807, 2.05) is 0 Å². The molecule has 9 heteroatoms. The Balaban J connectivity index is 2.46. The highest BCUT2D eigenvalue weighted by Crippen LogP contribution is 2.31. The monoisotopic (exact) mass is 358 g/mol. The third kappa shape index (κ3) is 5.73. The molecule has 22 heavy (non-hydrogen) atoms. The van der Waals surface area contributed by atoms with Gasteiger partial charge in [0.1, 0.15) is 5.02 Å². The number of benzene rings is 1. The standard InChI is InChI=1S/C13H11Cl2F3O4/c1-7(13(16,17)18)21-10(19)5-6-11(20)22-9-4-2-3-8(14)12(9)15/h2-4,7H,5-6H2,1H3. The molecular formula is C13H11Cl2F3O4. The topological polar surface area (TPSA) is 52.6 Å². The van der Waals surface area contributed by atoms with Gasteiger partial charge in [-0.1, -0.05) is 29.3 Å². The number of esters is 2. The number of carbonyl (C=O) groups excluding carboxylic acids is 2. The zero-order valence-corrected chi connectivity index (χ0v) is 12.8. The number of ether oxygens (including phenoxy) is 2. The van der Waals surface area contributed by atoms with Gasteiger partial charge in [0, 0.05) is 0 Å². The lowest BCUT2D eigenvalue weighted by atomic mass is 10.3. The molecule has 4 nitrogen and oxygen atoms in total. The van der Waals surface area contributed by atoms with Gasteiger partial charge in [-0.05, 0) is 19.1 Å². The summed E-state index contributed by atoms with van der Waals surface area (Å²) in [6.45, 7) is 0.696. The van der Waals surface area contributed by atoms with E-state index in [1.54, 1.807) is 0 Å². The third-order valence-electron chi connectivity index (χ3n) is 2.44. The summed E-state index contributed by atoms with van der Waals surface area (Å²) in [6.07, 6.45) is -7.88. The van der Waals surface area contributed by atoms with E-state index in [9.17, 15) is 22.8 Å². The van der Waals surface area contributed by atoms with Crippen molar-refractivity contribution in [1.82, 2.24) is 0 Å². The Morgan fingerprint density at radius 1 is 1.18 bits per heavy atom. The Hall–Kier alpha value is -1.47. The molecule has 1 aromatic rings. The lowest BCUT2D eigenvalue weighted by Crippen LogP contribution is -2.31. The van der Waals surface area contributed by atoms with Crippen LogP contribution in [0.5, 0.6) is 5.75 Å². The second kappa shape index (κ2) is 7.69. The van der Waals surface area contributed by atoms with Crippen LogP contribution in [0.4, 0.5) is 13.2 Å². The maximum absolute atomic E-state index is 12.2. The van der Waals surface area contributed by atoms with Gasteiger partial charge >= 0.3 is 18.1 Å². The number of alkyl halides is 3. The minimum absolute atomic E-state index is 0.00352. The first-order valence-corrected chi connectivity index (χ1v) is 6.77. The van der Waals surface area contributed by atoms with Crippen LogP contribution in [-0.2, 0) is 14.3 Å². The molecule has 1 rings (SSSR count). The van der Waals surface area contributed by atoms with Crippen LogP contribution in [0.1, 0.15) is 19.8 Å². The molecule has 1 atom stereocenters. The average molecular weight is 359 g/mol. The second-order valence-electron chi connectivity index (χ2n) is 4.20. The third-order valence-corrected chi connectivity index (χ3v) is 3.24. The fraction of sp³-hybridized carbons (Fsp3) is 0.385. The quantitative estimate of drug-likeness (QED) is 0.585. The summed E-state index contributed by atoms with van der Waals surface area (Å²) in [7, 11) is 0. The molecule has 0 fully saturated rings. The average Bonchev–Trinajstić information content (AvgIpc) is 2.40. The lowest BCUT2D eigenvalue weighted by Gasteiger charge is -2.16. The Bertz CT molecular complexity index is 561. The molecule has 0 aromatic heterocycles. The molecule has 0 N–H and O–H groups in total. The maximum Gasteiger partial charge on any atom is 0.425 e. The summed E-state index contributed by atoms with van der Waals surface area (Å²) < 4.78 is 45.5. The van der Waals surface area contributed by atoms with Crippen LogP contribution < -0.4 is 4.74 Å². The molecular weight excluding hydrogens is 348 g/mol. The first-order chi connectivity index (χ1) is 10.1. The summed E-state index contributed by atoms with van der Waals surface area (Å²) in [5.74, 6) is -2.00. The van der Waals surface area contributed by atoms with Crippen molar-refractivity contribution in [1.29, 1.82) is 0 Å². The van der Waals surface area contributed by atoms with Crippen molar-refractivity contribution in [2.45, 2.75) is 32.0 Å². The molecule has 122 valence electrons. The maximum atomic E-state index is 12.2. The van der Waals surface area contributed by atoms with Crippen LogP contribution in [0.25, 0.3) is 0 Å². The van der Waals surface area contributed by atoms with E-state index in [-0.39, 0.29) is 15.8 Å². The molecule has 0 aliphatic heterocycles. The molecule has 0 saturated heterocycles. The van der Waals surface area contributed by atoms with Crippen molar-refractivity contribution in [2.75, 3.05) is 0 Å². The van der Waals surface area contributed by atoms with E-state index in [4.69, 9.17) is 27.9 Å². The minimum atomic E-state index is -4.65. The van der Waals surface area contributed by atoms with Crippen molar-refractivity contribution < 1.29 is 32.2 Å². The summed E-state index contributed by atoms with van der Waals surface area (Å²) >= 11 is 11.5. The second-order valence-corrected chi connectivity index (χ2v) is 4.98. The fourth-order valence-electron chi connectivity index (χ4n) is 1.26. The van der Waals surface area contributed by atoms with Crippen molar-refractivity contribution in [3.05, 3.63) is 28.2 Å². The van der Waals surface area contributed by atoms with E-state index < -0.39 is 37.1 Å².